The Hall–Kier alpha value is -2.93. The first-order valence-corrected chi connectivity index (χ1v) is 23.2. The molecular weight excluding hydrogens is 765 g/mol. The third kappa shape index (κ3) is 28.5. The number of rotatable bonds is 37. The Morgan fingerprint density at radius 1 is 0.776 bits per heavy atom. The van der Waals surface area contributed by atoms with E-state index in [1.165, 1.54) is 44.9 Å². The number of carbonyl (C=O) groups excluding carboxylic acids is 3. The lowest BCUT2D eigenvalue weighted by atomic mass is 9.90. The fourth-order valence-corrected chi connectivity index (χ4v) is 7.00. The van der Waals surface area contributed by atoms with E-state index < -0.39 is 63.8 Å². The minimum absolute atomic E-state index is 0.00840. The Morgan fingerprint density at radius 3 is 2.02 bits per heavy atom. The zero-order valence-electron chi connectivity index (χ0n) is 35.2. The SMILES string of the molecule is CCCCCC/C=C\CCCCCCCCCC(=O)OC[C@H](COP(=O)(O)OC[C@H](N)C(=O)O)OC(=O)CCC/C=C\C[C@H]1C=CC(=O)[C@@H]1/C=C/[C@@H](O)CCCCC. The standard InChI is InChI=1S/C44H74NO12P/c1-3-5-7-8-9-10-11-12-13-14-15-16-17-18-23-27-42(48)54-33-38(34-55-58(52,53)56-35-40(45)44(50)51)57-43(49)28-24-20-19-22-25-36-29-32-41(47)39(36)31-30-37(46)26-21-6-4-2/h10-11,19,22,29-32,36-40,46H,3-9,12-18,20-21,23-28,33-35,45H2,1-2H3,(H,50,51)(H,52,53)/b11-10-,22-19-,31-30+/t36-,37-,38+,39+,40-/m0/s1. The first-order valence-electron chi connectivity index (χ1n) is 21.7. The Morgan fingerprint density at radius 2 is 1.34 bits per heavy atom. The summed E-state index contributed by atoms with van der Waals surface area (Å²) in [6, 6.07) is -1.56. The van der Waals surface area contributed by atoms with E-state index in [4.69, 9.17) is 24.8 Å². The molecule has 0 aromatic heterocycles. The summed E-state index contributed by atoms with van der Waals surface area (Å²) >= 11 is 0. The summed E-state index contributed by atoms with van der Waals surface area (Å²) in [4.78, 5) is 58.5. The average Bonchev–Trinajstić information content (AvgIpc) is 3.55. The number of ketones is 1. The molecule has 1 aliphatic carbocycles. The number of nitrogens with two attached hydrogens (primary N) is 1. The number of phosphoric ester groups is 1. The molecule has 332 valence electrons. The topological polar surface area (TPSA) is 209 Å². The van der Waals surface area contributed by atoms with Crippen molar-refractivity contribution in [1.29, 1.82) is 0 Å². The lowest BCUT2D eigenvalue weighted by Crippen LogP contribution is -2.34. The number of aliphatic hydroxyl groups is 1. The summed E-state index contributed by atoms with van der Waals surface area (Å²) in [5.41, 5.74) is 5.33. The molecule has 0 aromatic carbocycles. The number of aliphatic carboxylic acids is 1. The smallest absolute Gasteiger partial charge is 0.472 e. The second kappa shape index (κ2) is 33.9. The van der Waals surface area contributed by atoms with Crippen LogP contribution in [0.2, 0.25) is 0 Å². The number of hydrogen-bond donors (Lipinski definition) is 4. The van der Waals surface area contributed by atoms with Crippen LogP contribution in [0, 0.1) is 11.8 Å². The first-order chi connectivity index (χ1) is 27.9. The highest BCUT2D eigenvalue weighted by Crippen LogP contribution is 2.43. The minimum Gasteiger partial charge on any atom is -0.480 e. The molecule has 13 nitrogen and oxygen atoms in total. The highest BCUT2D eigenvalue weighted by Gasteiger charge is 2.29. The quantitative estimate of drug-likeness (QED) is 0.0199. The third-order valence-electron chi connectivity index (χ3n) is 9.80. The van der Waals surface area contributed by atoms with Gasteiger partial charge in [-0.1, -0.05) is 127 Å². The maximum atomic E-state index is 12.7. The van der Waals surface area contributed by atoms with Gasteiger partial charge in [-0.25, -0.2) is 4.57 Å². The molecular formula is C44H74NO12P. The van der Waals surface area contributed by atoms with Crippen LogP contribution >= 0.6 is 7.82 Å². The predicted octanol–water partition coefficient (Wildman–Crippen LogP) is 9.01. The van der Waals surface area contributed by atoms with Gasteiger partial charge >= 0.3 is 25.7 Å². The molecule has 0 saturated heterocycles. The number of hydrogen-bond acceptors (Lipinski definition) is 11. The minimum atomic E-state index is -4.77. The van der Waals surface area contributed by atoms with Gasteiger partial charge < -0.3 is 30.3 Å². The van der Waals surface area contributed by atoms with Crippen LogP contribution in [0.3, 0.4) is 0 Å². The van der Waals surface area contributed by atoms with Crippen LogP contribution < -0.4 is 5.73 Å². The van der Waals surface area contributed by atoms with Crippen molar-refractivity contribution in [2.24, 2.45) is 17.6 Å². The fourth-order valence-electron chi connectivity index (χ4n) is 6.23. The lowest BCUT2D eigenvalue weighted by Gasteiger charge is -2.20. The van der Waals surface area contributed by atoms with Gasteiger partial charge in [-0.15, -0.1) is 0 Å². The number of carbonyl (C=O) groups is 4. The summed E-state index contributed by atoms with van der Waals surface area (Å²) in [7, 11) is -4.77. The number of allylic oxidation sites excluding steroid dienone is 7. The van der Waals surface area contributed by atoms with Crippen LogP contribution in [0.4, 0.5) is 0 Å². The van der Waals surface area contributed by atoms with Gasteiger partial charge in [0.25, 0.3) is 0 Å². The van der Waals surface area contributed by atoms with E-state index >= 15 is 0 Å². The largest absolute Gasteiger partial charge is 0.480 e. The maximum Gasteiger partial charge on any atom is 0.472 e. The van der Waals surface area contributed by atoms with Gasteiger partial charge in [0.1, 0.15) is 12.6 Å². The number of ether oxygens (including phenoxy) is 2. The molecule has 1 rings (SSSR count). The van der Waals surface area contributed by atoms with Crippen LogP contribution in [0.1, 0.15) is 155 Å². The maximum absolute atomic E-state index is 12.7. The average molecular weight is 840 g/mol. The summed E-state index contributed by atoms with van der Waals surface area (Å²) < 4.78 is 32.7. The summed E-state index contributed by atoms with van der Waals surface area (Å²) in [6.07, 6.45) is 33.8. The van der Waals surface area contributed by atoms with Gasteiger partial charge in [-0.3, -0.25) is 28.2 Å². The normalized spacial score (nSPS) is 18.3. The van der Waals surface area contributed by atoms with E-state index in [1.807, 2.05) is 18.2 Å². The molecule has 5 N–H and O–H groups in total. The van der Waals surface area contributed by atoms with E-state index in [-0.39, 0.29) is 30.5 Å². The van der Waals surface area contributed by atoms with Gasteiger partial charge in [0.2, 0.25) is 0 Å². The van der Waals surface area contributed by atoms with E-state index in [0.29, 0.717) is 32.1 Å². The number of carboxylic acids is 1. The Balaban J connectivity index is 2.48. The highest BCUT2D eigenvalue weighted by molar-refractivity contribution is 7.47. The first kappa shape index (κ1) is 53.1. The van der Waals surface area contributed by atoms with E-state index in [1.54, 1.807) is 18.2 Å². The van der Waals surface area contributed by atoms with Crippen LogP contribution in [0.25, 0.3) is 0 Å². The van der Waals surface area contributed by atoms with E-state index in [0.717, 1.165) is 51.4 Å². The highest BCUT2D eigenvalue weighted by atomic mass is 31.2. The fraction of sp³-hybridized carbons (Fsp3) is 0.727. The van der Waals surface area contributed by atoms with Crippen molar-refractivity contribution in [2.45, 2.75) is 173 Å². The Kier molecular flexibility index (Phi) is 31.0. The Labute approximate surface area is 347 Å². The van der Waals surface area contributed by atoms with E-state index in [2.05, 4.69) is 30.5 Å². The number of esters is 2. The second-order valence-corrected chi connectivity index (χ2v) is 16.6. The number of aliphatic hydroxyl groups excluding tert-OH is 1. The molecule has 6 atom stereocenters. The van der Waals surface area contributed by atoms with Gasteiger partial charge in [0.15, 0.2) is 11.9 Å². The summed E-state index contributed by atoms with van der Waals surface area (Å²) in [6.45, 7) is 2.47. The van der Waals surface area contributed by atoms with Crippen molar-refractivity contribution in [3.8, 4) is 0 Å². The van der Waals surface area contributed by atoms with Crippen molar-refractivity contribution in [3.63, 3.8) is 0 Å². The van der Waals surface area contributed by atoms with Gasteiger partial charge in [0, 0.05) is 18.8 Å². The van der Waals surface area contributed by atoms with Crippen molar-refractivity contribution in [1.82, 2.24) is 0 Å². The molecule has 0 bridgehead atoms. The predicted molar refractivity (Wildman–Crippen MR) is 226 cm³/mol. The molecule has 0 heterocycles. The molecule has 1 unspecified atom stereocenters. The summed E-state index contributed by atoms with van der Waals surface area (Å²) in [5, 5.41) is 19.1. The number of carboxylic acid groups (broad SMARTS) is 1. The Bertz CT molecular complexity index is 1320. The second-order valence-electron chi connectivity index (χ2n) is 15.1. The molecule has 58 heavy (non-hydrogen) atoms. The van der Waals surface area contributed by atoms with Crippen LogP contribution in [-0.2, 0) is 42.3 Å². The van der Waals surface area contributed by atoms with Crippen LogP contribution in [-0.4, -0.2) is 76.9 Å². The van der Waals surface area contributed by atoms with Crippen molar-refractivity contribution in [2.75, 3.05) is 19.8 Å². The molecule has 0 saturated carbocycles. The van der Waals surface area contributed by atoms with Gasteiger partial charge in [0.05, 0.1) is 19.3 Å². The zero-order chi connectivity index (χ0) is 42.9. The van der Waals surface area contributed by atoms with Crippen molar-refractivity contribution >= 4 is 31.5 Å². The van der Waals surface area contributed by atoms with E-state index in [9.17, 15) is 33.7 Å². The zero-order valence-corrected chi connectivity index (χ0v) is 36.1. The van der Waals surface area contributed by atoms with Gasteiger partial charge in [-0.2, -0.15) is 0 Å². The molecule has 0 aliphatic heterocycles. The summed E-state index contributed by atoms with van der Waals surface area (Å²) in [5.74, 6) is -2.88. The number of phosphoric acid groups is 1. The molecule has 14 heteroatoms. The molecule has 0 spiro atoms. The van der Waals surface area contributed by atoms with Crippen LogP contribution in [0.15, 0.2) is 48.6 Å². The third-order valence-corrected chi connectivity index (χ3v) is 10.7. The molecule has 0 fully saturated rings. The molecule has 0 radical (unpaired) electrons. The van der Waals surface area contributed by atoms with Crippen LogP contribution in [0.5, 0.6) is 0 Å². The van der Waals surface area contributed by atoms with Crippen molar-refractivity contribution in [3.05, 3.63) is 48.6 Å². The molecule has 0 amide bonds. The monoisotopic (exact) mass is 839 g/mol. The number of unbranched alkanes of at least 4 members (excludes halogenated alkanes) is 14. The van der Waals surface area contributed by atoms with Crippen molar-refractivity contribution < 1.29 is 57.4 Å². The molecule has 1 aliphatic rings. The van der Waals surface area contributed by atoms with Gasteiger partial charge in [-0.05, 0) is 69.8 Å². The molecule has 0 aromatic rings. The lowest BCUT2D eigenvalue weighted by molar-refractivity contribution is -0.161.